The summed E-state index contributed by atoms with van der Waals surface area (Å²) in [4.78, 5) is 14.6. The highest BCUT2D eigenvalue weighted by molar-refractivity contribution is 5.78. The number of ether oxygens (including phenoxy) is 2. The minimum Gasteiger partial charge on any atom is -0.493 e. The van der Waals surface area contributed by atoms with Crippen LogP contribution >= 0.6 is 0 Å². The second-order valence-corrected chi connectivity index (χ2v) is 6.07. The maximum atomic E-state index is 12.7. The number of para-hydroxylation sites is 2. The average molecular weight is 340 g/mol. The quantitative estimate of drug-likeness (QED) is 0.875. The van der Waals surface area contributed by atoms with Crippen molar-refractivity contribution in [2.75, 3.05) is 33.4 Å². The van der Waals surface area contributed by atoms with Gasteiger partial charge in [-0.2, -0.15) is 0 Å². The first-order valence-electron chi connectivity index (χ1n) is 8.58. The second kappa shape index (κ2) is 8.53. The molecular weight excluding hydrogens is 316 g/mol. The Morgan fingerprint density at radius 1 is 1.12 bits per heavy atom. The van der Waals surface area contributed by atoms with Crippen molar-refractivity contribution in [3.63, 3.8) is 0 Å². The van der Waals surface area contributed by atoms with Gasteiger partial charge in [-0.3, -0.25) is 4.79 Å². The number of rotatable bonds is 6. The zero-order chi connectivity index (χ0) is 17.5. The molecular formula is C20H24N2O3. The number of hydrogen-bond acceptors (Lipinski definition) is 4. The van der Waals surface area contributed by atoms with Gasteiger partial charge in [-0.05, 0) is 24.1 Å². The van der Waals surface area contributed by atoms with Gasteiger partial charge in [0.05, 0.1) is 7.11 Å². The molecule has 2 aromatic carbocycles. The Balaban J connectivity index is 1.62. The van der Waals surface area contributed by atoms with Gasteiger partial charge in [0.25, 0.3) is 5.91 Å². The topological polar surface area (TPSA) is 50.8 Å². The van der Waals surface area contributed by atoms with E-state index in [-0.39, 0.29) is 18.6 Å². The molecule has 1 fully saturated rings. The summed E-state index contributed by atoms with van der Waals surface area (Å²) in [6.45, 7) is 2.33. The molecule has 1 aliphatic heterocycles. The third kappa shape index (κ3) is 4.51. The van der Waals surface area contributed by atoms with Crippen LogP contribution in [0.5, 0.6) is 11.5 Å². The van der Waals surface area contributed by atoms with Gasteiger partial charge in [0.1, 0.15) is 0 Å². The Hall–Kier alpha value is -2.53. The largest absolute Gasteiger partial charge is 0.493 e. The molecule has 2 aromatic rings. The molecule has 0 bridgehead atoms. The first-order chi connectivity index (χ1) is 12.3. The van der Waals surface area contributed by atoms with Gasteiger partial charge < -0.3 is 19.7 Å². The van der Waals surface area contributed by atoms with E-state index >= 15 is 0 Å². The molecule has 0 radical (unpaired) electrons. The van der Waals surface area contributed by atoms with E-state index in [1.165, 1.54) is 5.56 Å². The monoisotopic (exact) mass is 340 g/mol. The van der Waals surface area contributed by atoms with Crippen molar-refractivity contribution in [3.8, 4) is 11.5 Å². The van der Waals surface area contributed by atoms with Crippen molar-refractivity contribution in [3.05, 3.63) is 60.2 Å². The van der Waals surface area contributed by atoms with Crippen LogP contribution in [-0.2, 0) is 11.2 Å². The zero-order valence-electron chi connectivity index (χ0n) is 14.5. The van der Waals surface area contributed by atoms with E-state index < -0.39 is 0 Å². The molecule has 1 aliphatic rings. The predicted molar refractivity (Wildman–Crippen MR) is 97.0 cm³/mol. The lowest BCUT2D eigenvalue weighted by Gasteiger charge is -2.36. The minimum absolute atomic E-state index is 0.00772. The number of nitrogens with zero attached hydrogens (tertiary/aromatic N) is 1. The van der Waals surface area contributed by atoms with Gasteiger partial charge in [0, 0.05) is 25.7 Å². The lowest BCUT2D eigenvalue weighted by molar-refractivity contribution is -0.136. The third-order valence-electron chi connectivity index (χ3n) is 4.40. The number of carbonyl (C=O) groups excluding carboxylic acids is 1. The van der Waals surface area contributed by atoms with Crippen LogP contribution in [-0.4, -0.2) is 50.2 Å². The van der Waals surface area contributed by atoms with Crippen molar-refractivity contribution in [1.29, 1.82) is 0 Å². The zero-order valence-corrected chi connectivity index (χ0v) is 14.5. The third-order valence-corrected chi connectivity index (χ3v) is 4.40. The van der Waals surface area contributed by atoms with Crippen molar-refractivity contribution >= 4 is 5.91 Å². The summed E-state index contributed by atoms with van der Waals surface area (Å²) in [6.07, 6.45) is 0.842. The fourth-order valence-electron chi connectivity index (χ4n) is 3.12. The molecule has 5 heteroatoms. The lowest BCUT2D eigenvalue weighted by Crippen LogP contribution is -2.55. The van der Waals surface area contributed by atoms with Crippen molar-refractivity contribution in [1.82, 2.24) is 10.2 Å². The van der Waals surface area contributed by atoms with Gasteiger partial charge in [-0.15, -0.1) is 0 Å². The highest BCUT2D eigenvalue weighted by Gasteiger charge is 2.27. The number of piperazine rings is 1. The van der Waals surface area contributed by atoms with E-state index in [0.717, 1.165) is 19.5 Å². The summed E-state index contributed by atoms with van der Waals surface area (Å²) in [5.41, 5.74) is 1.24. The number of hydrogen-bond donors (Lipinski definition) is 1. The lowest BCUT2D eigenvalue weighted by atomic mass is 10.0. The Morgan fingerprint density at radius 3 is 2.60 bits per heavy atom. The molecule has 1 saturated heterocycles. The van der Waals surface area contributed by atoms with Crippen LogP contribution in [0.3, 0.4) is 0 Å². The van der Waals surface area contributed by atoms with Gasteiger partial charge in [-0.1, -0.05) is 42.5 Å². The average Bonchev–Trinajstić information content (AvgIpc) is 2.67. The molecule has 25 heavy (non-hydrogen) atoms. The normalized spacial score (nSPS) is 17.2. The minimum atomic E-state index is 0.00772. The van der Waals surface area contributed by atoms with E-state index in [1.807, 2.05) is 47.4 Å². The molecule has 1 N–H and O–H groups in total. The van der Waals surface area contributed by atoms with E-state index in [1.54, 1.807) is 7.11 Å². The molecule has 0 spiro atoms. The number of benzene rings is 2. The summed E-state index contributed by atoms with van der Waals surface area (Å²) < 4.78 is 11.0. The van der Waals surface area contributed by atoms with Crippen LogP contribution in [0.4, 0.5) is 0 Å². The predicted octanol–water partition coefficient (Wildman–Crippen LogP) is 2.12. The number of carbonyl (C=O) groups is 1. The van der Waals surface area contributed by atoms with E-state index in [9.17, 15) is 4.79 Å². The molecule has 1 amide bonds. The second-order valence-electron chi connectivity index (χ2n) is 6.07. The van der Waals surface area contributed by atoms with Crippen LogP contribution in [0.2, 0.25) is 0 Å². The van der Waals surface area contributed by atoms with Gasteiger partial charge in [0.2, 0.25) is 0 Å². The highest BCUT2D eigenvalue weighted by atomic mass is 16.5. The van der Waals surface area contributed by atoms with E-state index in [4.69, 9.17) is 9.47 Å². The molecule has 0 unspecified atom stereocenters. The van der Waals surface area contributed by atoms with Crippen LogP contribution < -0.4 is 14.8 Å². The summed E-state index contributed by atoms with van der Waals surface area (Å²) in [5, 5.41) is 3.38. The number of methoxy groups -OCH3 is 1. The van der Waals surface area contributed by atoms with Gasteiger partial charge in [0.15, 0.2) is 18.1 Å². The maximum absolute atomic E-state index is 12.7. The van der Waals surface area contributed by atoms with Crippen LogP contribution in [0.1, 0.15) is 5.56 Å². The highest BCUT2D eigenvalue weighted by Crippen LogP contribution is 2.25. The van der Waals surface area contributed by atoms with Crippen LogP contribution in [0, 0.1) is 0 Å². The van der Waals surface area contributed by atoms with Crippen LogP contribution in [0.25, 0.3) is 0 Å². The summed E-state index contributed by atoms with van der Waals surface area (Å²) in [6, 6.07) is 17.8. The first kappa shape index (κ1) is 17.3. The van der Waals surface area contributed by atoms with E-state index in [2.05, 4.69) is 17.4 Å². The van der Waals surface area contributed by atoms with Crippen molar-refractivity contribution in [2.24, 2.45) is 0 Å². The summed E-state index contributed by atoms with van der Waals surface area (Å²) in [7, 11) is 1.59. The fourth-order valence-corrected chi connectivity index (χ4v) is 3.12. The molecule has 0 saturated carbocycles. The Kier molecular flexibility index (Phi) is 5.90. The molecule has 1 heterocycles. The van der Waals surface area contributed by atoms with Gasteiger partial charge in [-0.25, -0.2) is 0 Å². The van der Waals surface area contributed by atoms with Crippen molar-refractivity contribution in [2.45, 2.75) is 12.5 Å². The smallest absolute Gasteiger partial charge is 0.260 e. The number of amides is 1. The molecule has 132 valence electrons. The standard InChI is InChI=1S/C20H24N2O3/c1-24-18-9-5-6-10-19(18)25-15-20(23)22-12-11-21-14-17(22)13-16-7-3-2-4-8-16/h2-10,17,21H,11-15H2,1H3/t17-/m1/s1. The Bertz CT molecular complexity index is 690. The molecule has 0 aromatic heterocycles. The SMILES string of the molecule is COc1ccccc1OCC(=O)N1CCNC[C@H]1Cc1ccccc1. The maximum Gasteiger partial charge on any atom is 0.260 e. The van der Waals surface area contributed by atoms with Crippen molar-refractivity contribution < 1.29 is 14.3 Å². The first-order valence-corrected chi connectivity index (χ1v) is 8.58. The van der Waals surface area contributed by atoms with Gasteiger partial charge >= 0.3 is 0 Å². The molecule has 0 aliphatic carbocycles. The molecule has 1 atom stereocenters. The fraction of sp³-hybridized carbons (Fsp3) is 0.350. The molecule has 3 rings (SSSR count). The summed E-state index contributed by atoms with van der Waals surface area (Å²) >= 11 is 0. The Labute approximate surface area is 148 Å². The van der Waals surface area contributed by atoms with Crippen LogP contribution in [0.15, 0.2) is 54.6 Å². The van der Waals surface area contributed by atoms with E-state index in [0.29, 0.717) is 18.0 Å². The summed E-state index contributed by atoms with van der Waals surface area (Å²) in [5.74, 6) is 1.23. The Morgan fingerprint density at radius 2 is 1.84 bits per heavy atom. The number of nitrogens with one attached hydrogen (secondary N) is 1. The molecule has 5 nitrogen and oxygen atoms in total.